The van der Waals surface area contributed by atoms with Crippen LogP contribution >= 0.6 is 46.9 Å². The lowest BCUT2D eigenvalue weighted by Crippen LogP contribution is -2.47. The zero-order valence-corrected chi connectivity index (χ0v) is 19.2. The SMILES string of the molecule is CCC1(CNC(=NC)NCCNS(=O)(=O)c2ccc(Cl)s2)CCC1.I. The third-order valence-electron chi connectivity index (χ3n) is 4.54. The van der Waals surface area contributed by atoms with Gasteiger partial charge in [-0.3, -0.25) is 4.99 Å². The highest BCUT2D eigenvalue weighted by molar-refractivity contribution is 14.0. The number of rotatable bonds is 8. The molecule has 0 aromatic carbocycles. The van der Waals surface area contributed by atoms with E-state index >= 15 is 0 Å². The normalized spacial score (nSPS) is 16.7. The Kier molecular flexibility index (Phi) is 9.44. The Balaban J connectivity index is 0.00000312. The summed E-state index contributed by atoms with van der Waals surface area (Å²) in [5, 5.41) is 6.47. The molecule has 1 aromatic heterocycles. The lowest BCUT2D eigenvalue weighted by molar-refractivity contribution is 0.131. The topological polar surface area (TPSA) is 82.6 Å². The van der Waals surface area contributed by atoms with Crippen molar-refractivity contribution in [2.45, 2.75) is 36.8 Å². The third-order valence-corrected chi connectivity index (χ3v) is 7.73. The van der Waals surface area contributed by atoms with Crippen LogP contribution in [0, 0.1) is 5.41 Å². The smallest absolute Gasteiger partial charge is 0.250 e. The number of hydrogen-bond donors (Lipinski definition) is 3. The van der Waals surface area contributed by atoms with E-state index in [4.69, 9.17) is 11.6 Å². The molecule has 144 valence electrons. The van der Waals surface area contributed by atoms with Gasteiger partial charge in [0, 0.05) is 26.7 Å². The molecule has 25 heavy (non-hydrogen) atoms. The highest BCUT2D eigenvalue weighted by atomic mass is 127. The van der Waals surface area contributed by atoms with Crippen LogP contribution in [-0.4, -0.2) is 41.1 Å². The van der Waals surface area contributed by atoms with E-state index in [-0.39, 0.29) is 34.7 Å². The first kappa shape index (κ1) is 22.9. The fraction of sp³-hybridized carbons (Fsp3) is 0.667. The molecule has 1 aliphatic rings. The lowest BCUT2D eigenvalue weighted by Gasteiger charge is -2.41. The Labute approximate surface area is 176 Å². The van der Waals surface area contributed by atoms with Gasteiger partial charge in [-0.1, -0.05) is 24.9 Å². The molecule has 3 N–H and O–H groups in total. The summed E-state index contributed by atoms with van der Waals surface area (Å²) in [6, 6.07) is 3.08. The van der Waals surface area contributed by atoms with Crippen LogP contribution in [0.5, 0.6) is 0 Å². The van der Waals surface area contributed by atoms with E-state index in [1.165, 1.54) is 31.7 Å². The second-order valence-corrected chi connectivity index (χ2v) is 9.72. The summed E-state index contributed by atoms with van der Waals surface area (Å²) in [5.41, 5.74) is 0.400. The van der Waals surface area contributed by atoms with Crippen LogP contribution < -0.4 is 15.4 Å². The average molecular weight is 521 g/mol. The Bertz CT molecular complexity index is 669. The molecular weight excluding hydrogens is 495 g/mol. The van der Waals surface area contributed by atoms with Crippen molar-refractivity contribution in [2.24, 2.45) is 10.4 Å². The molecule has 1 heterocycles. The van der Waals surface area contributed by atoms with Crippen LogP contribution in [0.1, 0.15) is 32.6 Å². The Morgan fingerprint density at radius 2 is 2.04 bits per heavy atom. The second-order valence-electron chi connectivity index (χ2n) is 6.02. The fourth-order valence-electron chi connectivity index (χ4n) is 2.70. The molecule has 10 heteroatoms. The molecule has 1 saturated carbocycles. The summed E-state index contributed by atoms with van der Waals surface area (Å²) < 4.78 is 27.4. The van der Waals surface area contributed by atoms with Crippen molar-refractivity contribution >= 4 is 62.9 Å². The van der Waals surface area contributed by atoms with Gasteiger partial charge < -0.3 is 10.6 Å². The molecule has 0 unspecified atom stereocenters. The Morgan fingerprint density at radius 1 is 1.32 bits per heavy atom. The molecular formula is C15H26ClIN4O2S2. The zero-order valence-electron chi connectivity index (χ0n) is 14.5. The molecule has 0 amide bonds. The van der Waals surface area contributed by atoms with Crippen LogP contribution in [0.3, 0.4) is 0 Å². The molecule has 0 radical (unpaired) electrons. The first-order valence-electron chi connectivity index (χ1n) is 8.10. The van der Waals surface area contributed by atoms with Crippen molar-refractivity contribution in [3.63, 3.8) is 0 Å². The maximum absolute atomic E-state index is 12.1. The van der Waals surface area contributed by atoms with Gasteiger partial charge in [-0.15, -0.1) is 35.3 Å². The van der Waals surface area contributed by atoms with Crippen LogP contribution in [0.25, 0.3) is 0 Å². The minimum Gasteiger partial charge on any atom is -0.356 e. The second kappa shape index (κ2) is 10.3. The van der Waals surface area contributed by atoms with Gasteiger partial charge in [-0.25, -0.2) is 13.1 Å². The summed E-state index contributed by atoms with van der Waals surface area (Å²) in [4.78, 5) is 4.18. The summed E-state index contributed by atoms with van der Waals surface area (Å²) in [5.74, 6) is 0.702. The standard InChI is InChI=1S/C15H25ClN4O2S2.HI/c1-3-15(7-4-8-15)11-19-14(17-2)18-9-10-20-24(21,22)13-6-5-12(16)23-13;/h5-6,20H,3-4,7-11H2,1-2H3,(H2,17,18,19);1H. The van der Waals surface area contributed by atoms with Crippen LogP contribution in [0.2, 0.25) is 4.34 Å². The van der Waals surface area contributed by atoms with E-state index in [0.29, 0.717) is 22.3 Å². The van der Waals surface area contributed by atoms with Crippen molar-refractivity contribution in [3.05, 3.63) is 16.5 Å². The van der Waals surface area contributed by atoms with E-state index < -0.39 is 10.0 Å². The van der Waals surface area contributed by atoms with Gasteiger partial charge in [0.1, 0.15) is 4.21 Å². The summed E-state index contributed by atoms with van der Waals surface area (Å²) in [6.07, 6.45) is 4.99. The monoisotopic (exact) mass is 520 g/mol. The zero-order chi connectivity index (χ0) is 17.6. The molecule has 0 spiro atoms. The first-order valence-corrected chi connectivity index (χ1v) is 10.8. The molecule has 1 fully saturated rings. The van der Waals surface area contributed by atoms with Gasteiger partial charge in [0.15, 0.2) is 5.96 Å². The van der Waals surface area contributed by atoms with Crippen molar-refractivity contribution in [3.8, 4) is 0 Å². The molecule has 0 bridgehead atoms. The minimum atomic E-state index is -3.49. The fourth-order valence-corrected chi connectivity index (χ4v) is 5.26. The maximum Gasteiger partial charge on any atom is 0.250 e. The number of hydrogen-bond acceptors (Lipinski definition) is 4. The van der Waals surface area contributed by atoms with E-state index in [1.807, 2.05) is 0 Å². The highest BCUT2D eigenvalue weighted by Gasteiger charge is 2.34. The Hall–Kier alpha value is -0.1000. The van der Waals surface area contributed by atoms with Crippen molar-refractivity contribution in [2.75, 3.05) is 26.7 Å². The number of nitrogens with zero attached hydrogens (tertiary/aromatic N) is 1. The van der Waals surface area contributed by atoms with Gasteiger partial charge in [0.05, 0.1) is 4.34 Å². The number of aliphatic imine (C=N–C) groups is 1. The van der Waals surface area contributed by atoms with Crippen LogP contribution in [-0.2, 0) is 10.0 Å². The number of thiophene rings is 1. The van der Waals surface area contributed by atoms with Crippen molar-refractivity contribution in [1.29, 1.82) is 0 Å². The molecule has 6 nitrogen and oxygen atoms in total. The number of halogens is 2. The van der Waals surface area contributed by atoms with Gasteiger partial charge in [-0.05, 0) is 36.8 Å². The van der Waals surface area contributed by atoms with Gasteiger partial charge in [0.2, 0.25) is 10.0 Å². The quantitative estimate of drug-likeness (QED) is 0.213. The molecule has 0 aliphatic heterocycles. The van der Waals surface area contributed by atoms with Gasteiger partial charge in [0.25, 0.3) is 0 Å². The van der Waals surface area contributed by atoms with Gasteiger partial charge in [-0.2, -0.15) is 0 Å². The number of sulfonamides is 1. The van der Waals surface area contributed by atoms with Crippen molar-refractivity contribution < 1.29 is 8.42 Å². The minimum absolute atomic E-state index is 0. The lowest BCUT2D eigenvalue weighted by atomic mass is 9.67. The van der Waals surface area contributed by atoms with E-state index in [1.54, 1.807) is 13.1 Å². The Morgan fingerprint density at radius 3 is 2.52 bits per heavy atom. The van der Waals surface area contributed by atoms with E-state index in [9.17, 15) is 8.42 Å². The van der Waals surface area contributed by atoms with Crippen molar-refractivity contribution in [1.82, 2.24) is 15.4 Å². The maximum atomic E-state index is 12.1. The highest BCUT2D eigenvalue weighted by Crippen LogP contribution is 2.42. The average Bonchev–Trinajstić information content (AvgIpc) is 2.96. The summed E-state index contributed by atoms with van der Waals surface area (Å²) in [6.45, 7) is 3.86. The van der Waals surface area contributed by atoms with E-state index in [2.05, 4.69) is 27.3 Å². The predicted octanol–water partition coefficient (Wildman–Crippen LogP) is 3.04. The predicted molar refractivity (Wildman–Crippen MR) is 116 cm³/mol. The number of nitrogens with one attached hydrogen (secondary N) is 3. The van der Waals surface area contributed by atoms with Crippen LogP contribution in [0.4, 0.5) is 0 Å². The van der Waals surface area contributed by atoms with Crippen LogP contribution in [0.15, 0.2) is 21.3 Å². The molecule has 1 aromatic rings. The molecule has 2 rings (SSSR count). The third kappa shape index (κ3) is 6.53. The number of guanidine groups is 1. The molecule has 1 aliphatic carbocycles. The summed E-state index contributed by atoms with van der Waals surface area (Å²) in [7, 11) is -1.78. The largest absolute Gasteiger partial charge is 0.356 e. The molecule has 0 atom stereocenters. The first-order chi connectivity index (χ1) is 11.4. The van der Waals surface area contributed by atoms with E-state index in [0.717, 1.165) is 17.9 Å². The summed E-state index contributed by atoms with van der Waals surface area (Å²) >= 11 is 6.82. The van der Waals surface area contributed by atoms with Gasteiger partial charge >= 0.3 is 0 Å². The molecule has 0 saturated heterocycles.